The maximum atomic E-state index is 12.4. The Morgan fingerprint density at radius 2 is 1.90 bits per heavy atom. The highest BCUT2D eigenvalue weighted by Gasteiger charge is 2.34. The highest BCUT2D eigenvalue weighted by atomic mass is 16.2. The average molecular weight is 274 g/mol. The van der Waals surface area contributed by atoms with Crippen molar-refractivity contribution in [2.24, 2.45) is 5.41 Å². The van der Waals surface area contributed by atoms with Gasteiger partial charge >= 0.3 is 0 Å². The first-order valence-corrected chi connectivity index (χ1v) is 7.75. The number of aryl methyl sites for hydroxylation is 1. The number of carbonyl (C=O) groups is 1. The van der Waals surface area contributed by atoms with Crippen LogP contribution in [0.2, 0.25) is 0 Å². The minimum absolute atomic E-state index is 0.153. The van der Waals surface area contributed by atoms with Gasteiger partial charge in [-0.3, -0.25) is 4.79 Å². The van der Waals surface area contributed by atoms with Gasteiger partial charge in [0.2, 0.25) is 5.91 Å². The largest absolute Gasteiger partial charge is 0.326 e. The smallest absolute Gasteiger partial charge is 0.230 e. The Morgan fingerprint density at radius 1 is 1.25 bits per heavy atom. The molecule has 110 valence electrons. The molecule has 2 N–H and O–H groups in total. The molecule has 3 nitrogen and oxygen atoms in total. The second kappa shape index (κ2) is 6.89. The first kappa shape index (κ1) is 15.0. The molecule has 1 fully saturated rings. The third kappa shape index (κ3) is 3.83. The maximum Gasteiger partial charge on any atom is 0.230 e. The molecule has 1 aromatic carbocycles. The quantitative estimate of drug-likeness (QED) is 0.864. The van der Waals surface area contributed by atoms with Crippen molar-refractivity contribution in [3.63, 3.8) is 0 Å². The molecule has 0 aliphatic carbocycles. The molecule has 3 heteroatoms. The summed E-state index contributed by atoms with van der Waals surface area (Å²) >= 11 is 0. The Balaban J connectivity index is 1.93. The van der Waals surface area contributed by atoms with Crippen molar-refractivity contribution in [1.82, 2.24) is 5.32 Å². The lowest BCUT2D eigenvalue weighted by atomic mass is 9.80. The van der Waals surface area contributed by atoms with E-state index in [-0.39, 0.29) is 11.3 Å². The lowest BCUT2D eigenvalue weighted by molar-refractivity contribution is -0.126. The molecule has 1 heterocycles. The predicted molar refractivity (Wildman–Crippen MR) is 83.9 cm³/mol. The van der Waals surface area contributed by atoms with Gasteiger partial charge in [0.05, 0.1) is 0 Å². The summed E-state index contributed by atoms with van der Waals surface area (Å²) in [6.07, 6.45) is 5.37. The van der Waals surface area contributed by atoms with E-state index in [2.05, 4.69) is 36.6 Å². The summed E-state index contributed by atoms with van der Waals surface area (Å²) in [6.45, 7) is 6.13. The zero-order valence-electron chi connectivity index (χ0n) is 12.7. The Hall–Kier alpha value is -1.35. The summed E-state index contributed by atoms with van der Waals surface area (Å²) in [5.74, 6) is 0.153. The number of hydrogen-bond donors (Lipinski definition) is 2. The third-order valence-electron chi connectivity index (χ3n) is 4.29. The van der Waals surface area contributed by atoms with E-state index >= 15 is 0 Å². The van der Waals surface area contributed by atoms with Crippen LogP contribution in [-0.2, 0) is 11.2 Å². The number of piperidine rings is 1. The normalized spacial score (nSPS) is 17.7. The van der Waals surface area contributed by atoms with Crippen LogP contribution in [0, 0.1) is 5.41 Å². The van der Waals surface area contributed by atoms with Gasteiger partial charge in [-0.25, -0.2) is 0 Å². The van der Waals surface area contributed by atoms with Gasteiger partial charge < -0.3 is 10.6 Å². The molecule has 0 saturated carbocycles. The molecule has 1 aliphatic heterocycles. The lowest BCUT2D eigenvalue weighted by Gasteiger charge is -2.32. The number of rotatable bonds is 5. The minimum Gasteiger partial charge on any atom is -0.326 e. The fourth-order valence-corrected chi connectivity index (χ4v) is 2.62. The molecule has 0 unspecified atom stereocenters. The van der Waals surface area contributed by atoms with Gasteiger partial charge in [-0.1, -0.05) is 32.4 Å². The molecule has 20 heavy (non-hydrogen) atoms. The highest BCUT2D eigenvalue weighted by Crippen LogP contribution is 2.29. The van der Waals surface area contributed by atoms with E-state index in [0.29, 0.717) is 0 Å². The molecule has 1 aliphatic rings. The Labute approximate surface area is 122 Å². The highest BCUT2D eigenvalue weighted by molar-refractivity contribution is 5.95. The Morgan fingerprint density at radius 3 is 2.50 bits per heavy atom. The number of benzene rings is 1. The van der Waals surface area contributed by atoms with Gasteiger partial charge in [-0.05, 0) is 56.5 Å². The van der Waals surface area contributed by atoms with Crippen molar-refractivity contribution in [2.75, 3.05) is 18.4 Å². The van der Waals surface area contributed by atoms with Crippen LogP contribution >= 0.6 is 0 Å². The summed E-state index contributed by atoms with van der Waals surface area (Å²) in [5.41, 5.74) is 2.03. The van der Waals surface area contributed by atoms with Crippen molar-refractivity contribution in [1.29, 1.82) is 0 Å². The van der Waals surface area contributed by atoms with Crippen LogP contribution < -0.4 is 10.6 Å². The molecule has 0 atom stereocenters. The van der Waals surface area contributed by atoms with E-state index in [1.165, 1.54) is 18.4 Å². The molecule has 1 aromatic rings. The topological polar surface area (TPSA) is 41.1 Å². The van der Waals surface area contributed by atoms with Crippen molar-refractivity contribution in [3.8, 4) is 0 Å². The fourth-order valence-electron chi connectivity index (χ4n) is 2.62. The zero-order chi connectivity index (χ0) is 14.4. The second-order valence-corrected chi connectivity index (χ2v) is 6.07. The van der Waals surface area contributed by atoms with Crippen LogP contribution in [0.4, 0.5) is 5.69 Å². The molecule has 0 spiro atoms. The van der Waals surface area contributed by atoms with E-state index < -0.39 is 0 Å². The van der Waals surface area contributed by atoms with Crippen molar-refractivity contribution in [3.05, 3.63) is 29.8 Å². The van der Waals surface area contributed by atoms with Crippen LogP contribution in [0.5, 0.6) is 0 Å². The molecule has 1 saturated heterocycles. The van der Waals surface area contributed by atoms with E-state index in [4.69, 9.17) is 0 Å². The maximum absolute atomic E-state index is 12.4. The average Bonchev–Trinajstić information content (AvgIpc) is 2.47. The van der Waals surface area contributed by atoms with Gasteiger partial charge in [0, 0.05) is 11.1 Å². The summed E-state index contributed by atoms with van der Waals surface area (Å²) < 4.78 is 0. The summed E-state index contributed by atoms with van der Waals surface area (Å²) in [4.78, 5) is 12.4. The van der Waals surface area contributed by atoms with Gasteiger partial charge in [-0.2, -0.15) is 0 Å². The Kier molecular flexibility index (Phi) is 5.18. The SMILES string of the molecule is CCCCc1ccc(NC(=O)C2(C)CCNCC2)cc1. The molecule has 0 aromatic heterocycles. The third-order valence-corrected chi connectivity index (χ3v) is 4.29. The van der Waals surface area contributed by atoms with Gasteiger partial charge in [0.1, 0.15) is 0 Å². The molecule has 0 radical (unpaired) electrons. The number of anilines is 1. The fraction of sp³-hybridized carbons (Fsp3) is 0.588. The Bertz CT molecular complexity index is 433. The number of nitrogens with one attached hydrogen (secondary N) is 2. The van der Waals surface area contributed by atoms with Crippen LogP contribution in [0.25, 0.3) is 0 Å². The van der Waals surface area contributed by atoms with E-state index in [1.54, 1.807) is 0 Å². The van der Waals surface area contributed by atoms with E-state index in [1.807, 2.05) is 12.1 Å². The predicted octanol–water partition coefficient (Wildman–Crippen LogP) is 3.36. The second-order valence-electron chi connectivity index (χ2n) is 6.07. The van der Waals surface area contributed by atoms with Crippen LogP contribution in [0.15, 0.2) is 24.3 Å². The van der Waals surface area contributed by atoms with Crippen LogP contribution in [0.3, 0.4) is 0 Å². The molecular formula is C17H26N2O. The van der Waals surface area contributed by atoms with Crippen LogP contribution in [-0.4, -0.2) is 19.0 Å². The molecule has 2 rings (SSSR count). The van der Waals surface area contributed by atoms with E-state index in [9.17, 15) is 4.79 Å². The monoisotopic (exact) mass is 274 g/mol. The standard InChI is InChI=1S/C17H26N2O/c1-3-4-5-14-6-8-15(9-7-14)19-16(20)17(2)10-12-18-13-11-17/h6-9,18H,3-5,10-13H2,1-2H3,(H,19,20). The molecule has 1 amide bonds. The minimum atomic E-state index is -0.230. The number of amides is 1. The van der Waals surface area contributed by atoms with Gasteiger partial charge in [-0.15, -0.1) is 0 Å². The number of carbonyl (C=O) groups excluding carboxylic acids is 1. The van der Waals surface area contributed by atoms with Crippen LogP contribution in [0.1, 0.15) is 45.1 Å². The van der Waals surface area contributed by atoms with Crippen molar-refractivity contribution >= 4 is 11.6 Å². The van der Waals surface area contributed by atoms with Gasteiger partial charge in [0.15, 0.2) is 0 Å². The first-order valence-electron chi connectivity index (χ1n) is 7.75. The lowest BCUT2D eigenvalue weighted by Crippen LogP contribution is -2.42. The number of hydrogen-bond acceptors (Lipinski definition) is 2. The van der Waals surface area contributed by atoms with Crippen molar-refractivity contribution < 1.29 is 4.79 Å². The summed E-state index contributed by atoms with van der Waals surface area (Å²) in [7, 11) is 0. The van der Waals surface area contributed by atoms with Crippen molar-refractivity contribution in [2.45, 2.75) is 46.0 Å². The number of unbranched alkanes of at least 4 members (excludes halogenated alkanes) is 1. The van der Waals surface area contributed by atoms with E-state index in [0.717, 1.165) is 38.0 Å². The summed E-state index contributed by atoms with van der Waals surface area (Å²) in [6, 6.07) is 8.28. The van der Waals surface area contributed by atoms with Gasteiger partial charge in [0.25, 0.3) is 0 Å². The molecule has 0 bridgehead atoms. The first-order chi connectivity index (χ1) is 9.64. The molecular weight excluding hydrogens is 248 g/mol. The zero-order valence-corrected chi connectivity index (χ0v) is 12.7. The summed E-state index contributed by atoms with van der Waals surface area (Å²) in [5, 5.41) is 6.37.